The molecule has 0 unspecified atom stereocenters. The minimum absolute atomic E-state index is 0.236. The van der Waals surface area contributed by atoms with Crippen LogP contribution in [0.4, 0.5) is 10.5 Å². The Morgan fingerprint density at radius 2 is 1.94 bits per heavy atom. The molecule has 0 saturated carbocycles. The summed E-state index contributed by atoms with van der Waals surface area (Å²) in [5, 5.41) is 0. The van der Waals surface area contributed by atoms with Crippen LogP contribution in [0.15, 0.2) is 30.3 Å². The second kappa shape index (κ2) is 6.44. The van der Waals surface area contributed by atoms with Crippen LogP contribution >= 0.6 is 0 Å². The monoisotopic (exact) mass is 248 g/mol. The van der Waals surface area contributed by atoms with Crippen LogP contribution in [0.1, 0.15) is 12.0 Å². The van der Waals surface area contributed by atoms with E-state index in [0.717, 1.165) is 5.56 Å². The first-order valence-corrected chi connectivity index (χ1v) is 5.41. The molecule has 1 aromatic rings. The summed E-state index contributed by atoms with van der Waals surface area (Å²) >= 11 is 0. The normalized spacial score (nSPS) is 10.3. The van der Waals surface area contributed by atoms with E-state index in [0.29, 0.717) is 5.69 Å². The number of primary amides is 1. The number of hydrogen-bond acceptors (Lipinski definition) is 3. The third-order valence-corrected chi connectivity index (χ3v) is 2.43. The average molecular weight is 248 g/mol. The quantitative estimate of drug-likeness (QED) is 0.825. The number of urea groups is 1. The molecular formula is C13H16N2O3. The number of amides is 2. The van der Waals surface area contributed by atoms with E-state index in [1.165, 1.54) is 12.0 Å². The van der Waals surface area contributed by atoms with Gasteiger partial charge in [-0.05, 0) is 17.7 Å². The van der Waals surface area contributed by atoms with Crippen molar-refractivity contribution in [3.63, 3.8) is 0 Å². The van der Waals surface area contributed by atoms with Crippen LogP contribution in [0.2, 0.25) is 0 Å². The van der Waals surface area contributed by atoms with Gasteiger partial charge in [-0.2, -0.15) is 0 Å². The number of methoxy groups -OCH3 is 1. The lowest BCUT2D eigenvalue weighted by Crippen LogP contribution is -2.31. The van der Waals surface area contributed by atoms with Crippen LogP contribution in [-0.4, -0.2) is 26.2 Å². The third-order valence-electron chi connectivity index (χ3n) is 2.43. The zero-order valence-electron chi connectivity index (χ0n) is 10.4. The van der Waals surface area contributed by atoms with E-state index in [4.69, 9.17) is 5.73 Å². The zero-order chi connectivity index (χ0) is 13.5. The van der Waals surface area contributed by atoms with E-state index in [-0.39, 0.29) is 12.4 Å². The fraction of sp³-hybridized carbons (Fsp3) is 0.231. The maximum absolute atomic E-state index is 10.9. The van der Waals surface area contributed by atoms with Gasteiger partial charge in [-0.3, -0.25) is 9.69 Å². The van der Waals surface area contributed by atoms with Gasteiger partial charge in [0.2, 0.25) is 0 Å². The highest BCUT2D eigenvalue weighted by atomic mass is 16.5. The van der Waals surface area contributed by atoms with Crippen molar-refractivity contribution < 1.29 is 14.3 Å². The number of esters is 1. The first kappa shape index (κ1) is 13.8. The van der Waals surface area contributed by atoms with E-state index < -0.39 is 6.03 Å². The summed E-state index contributed by atoms with van der Waals surface area (Å²) in [5.74, 6) is -0.281. The third kappa shape index (κ3) is 3.93. The average Bonchev–Trinajstić information content (AvgIpc) is 2.38. The molecule has 1 aromatic carbocycles. The standard InChI is InChI=1S/C13H16N2O3/c1-15(13(14)17)11-8-6-10(7-9-11)4-3-5-12(16)18-2/h3-4,6-9H,5H2,1-2H3,(H2,14,17). The molecule has 18 heavy (non-hydrogen) atoms. The number of anilines is 1. The van der Waals surface area contributed by atoms with E-state index in [9.17, 15) is 9.59 Å². The van der Waals surface area contributed by atoms with Gasteiger partial charge in [0.05, 0.1) is 13.5 Å². The first-order valence-electron chi connectivity index (χ1n) is 5.41. The Morgan fingerprint density at radius 3 is 2.44 bits per heavy atom. The summed E-state index contributed by atoms with van der Waals surface area (Å²) in [5.41, 5.74) is 6.80. The van der Waals surface area contributed by atoms with Gasteiger partial charge >= 0.3 is 12.0 Å². The molecule has 0 fully saturated rings. The second-order valence-electron chi connectivity index (χ2n) is 3.67. The lowest BCUT2D eigenvalue weighted by molar-refractivity contribution is -0.139. The van der Waals surface area contributed by atoms with Gasteiger partial charge in [0, 0.05) is 12.7 Å². The number of nitrogens with two attached hydrogens (primary N) is 1. The first-order chi connectivity index (χ1) is 8.54. The van der Waals surface area contributed by atoms with Crippen LogP contribution in [0.3, 0.4) is 0 Å². The Hall–Kier alpha value is -2.30. The number of benzene rings is 1. The van der Waals surface area contributed by atoms with E-state index >= 15 is 0 Å². The molecule has 0 aromatic heterocycles. The molecular weight excluding hydrogens is 232 g/mol. The van der Waals surface area contributed by atoms with Crippen LogP contribution in [-0.2, 0) is 9.53 Å². The molecule has 2 amide bonds. The van der Waals surface area contributed by atoms with Crippen LogP contribution in [0, 0.1) is 0 Å². The number of nitrogens with zero attached hydrogens (tertiary/aromatic N) is 1. The highest BCUT2D eigenvalue weighted by Gasteiger charge is 2.04. The minimum Gasteiger partial charge on any atom is -0.469 e. The van der Waals surface area contributed by atoms with Gasteiger partial charge in [0.25, 0.3) is 0 Å². The number of ether oxygens (including phenoxy) is 1. The number of carbonyl (C=O) groups is 2. The molecule has 0 atom stereocenters. The molecule has 0 heterocycles. The van der Waals surface area contributed by atoms with Crippen molar-refractivity contribution in [2.75, 3.05) is 19.1 Å². The number of rotatable bonds is 4. The molecule has 96 valence electrons. The minimum atomic E-state index is -0.510. The Balaban J connectivity index is 2.66. The Morgan fingerprint density at radius 1 is 1.33 bits per heavy atom. The van der Waals surface area contributed by atoms with Crippen molar-refractivity contribution in [3.8, 4) is 0 Å². The maximum atomic E-state index is 10.9. The Kier molecular flexibility index (Phi) is 4.92. The fourth-order valence-corrected chi connectivity index (χ4v) is 1.31. The van der Waals surface area contributed by atoms with Gasteiger partial charge in [-0.15, -0.1) is 0 Å². The number of hydrogen-bond donors (Lipinski definition) is 1. The van der Waals surface area contributed by atoms with E-state index in [1.54, 1.807) is 25.3 Å². The highest BCUT2D eigenvalue weighted by molar-refractivity contribution is 5.90. The fourth-order valence-electron chi connectivity index (χ4n) is 1.31. The smallest absolute Gasteiger partial charge is 0.318 e. The maximum Gasteiger partial charge on any atom is 0.318 e. The molecule has 0 saturated heterocycles. The van der Waals surface area contributed by atoms with Gasteiger partial charge in [0.15, 0.2) is 0 Å². The molecule has 2 N–H and O–H groups in total. The summed E-state index contributed by atoms with van der Waals surface area (Å²) in [6.07, 6.45) is 3.77. The molecule has 0 aliphatic carbocycles. The summed E-state index contributed by atoms with van der Waals surface area (Å²) < 4.78 is 4.52. The summed E-state index contributed by atoms with van der Waals surface area (Å²) in [7, 11) is 2.95. The van der Waals surface area contributed by atoms with E-state index in [2.05, 4.69) is 4.74 Å². The van der Waals surface area contributed by atoms with E-state index in [1.807, 2.05) is 18.2 Å². The molecule has 0 bridgehead atoms. The lowest BCUT2D eigenvalue weighted by Gasteiger charge is -2.13. The summed E-state index contributed by atoms with van der Waals surface area (Å²) in [6.45, 7) is 0. The van der Waals surface area contributed by atoms with Gasteiger partial charge < -0.3 is 10.5 Å². The Labute approximate surface area is 106 Å². The SMILES string of the molecule is COC(=O)CC=Cc1ccc(N(C)C(N)=O)cc1. The molecule has 1 rings (SSSR count). The molecule has 5 nitrogen and oxygen atoms in total. The topological polar surface area (TPSA) is 72.6 Å². The largest absolute Gasteiger partial charge is 0.469 e. The molecule has 0 aliphatic heterocycles. The zero-order valence-corrected chi connectivity index (χ0v) is 10.4. The summed E-state index contributed by atoms with van der Waals surface area (Å²) in [6, 6.07) is 6.72. The van der Waals surface area contributed by atoms with Crippen LogP contribution < -0.4 is 10.6 Å². The Bertz CT molecular complexity index is 452. The van der Waals surface area contributed by atoms with Crippen molar-refractivity contribution in [2.24, 2.45) is 5.73 Å². The second-order valence-corrected chi connectivity index (χ2v) is 3.67. The lowest BCUT2D eigenvalue weighted by atomic mass is 10.2. The summed E-state index contributed by atoms with van der Waals surface area (Å²) in [4.78, 5) is 23.2. The van der Waals surface area contributed by atoms with Crippen LogP contribution in [0.25, 0.3) is 6.08 Å². The predicted octanol–water partition coefficient (Wildman–Crippen LogP) is 1.78. The van der Waals surface area contributed by atoms with Crippen molar-refractivity contribution in [1.82, 2.24) is 0 Å². The van der Waals surface area contributed by atoms with Crippen LogP contribution in [0.5, 0.6) is 0 Å². The molecule has 5 heteroatoms. The van der Waals surface area contributed by atoms with Crippen molar-refractivity contribution in [3.05, 3.63) is 35.9 Å². The molecule has 0 spiro atoms. The van der Waals surface area contributed by atoms with Crippen molar-refractivity contribution in [2.45, 2.75) is 6.42 Å². The predicted molar refractivity (Wildman–Crippen MR) is 70.1 cm³/mol. The molecule has 0 radical (unpaired) electrons. The number of carbonyl (C=O) groups excluding carboxylic acids is 2. The van der Waals surface area contributed by atoms with Gasteiger partial charge in [0.1, 0.15) is 0 Å². The van der Waals surface area contributed by atoms with Crippen molar-refractivity contribution in [1.29, 1.82) is 0 Å². The highest BCUT2D eigenvalue weighted by Crippen LogP contribution is 2.14. The van der Waals surface area contributed by atoms with Crippen molar-refractivity contribution >= 4 is 23.8 Å². The van der Waals surface area contributed by atoms with Gasteiger partial charge in [-0.25, -0.2) is 4.79 Å². The molecule has 0 aliphatic rings. The van der Waals surface area contributed by atoms with Gasteiger partial charge in [-0.1, -0.05) is 24.3 Å².